The van der Waals surface area contributed by atoms with Crippen LogP contribution in [0.2, 0.25) is 0 Å². The SMILES string of the molecule is Cc1ccc(OC2C[C@H]3CC[C@@H](C2)N3CS(=O)(=O)c2c(C)n[nH]c2C)nc1. The standard InChI is InChI=1S/C19H26N4O3S/c1-12-4-7-18(20-10-12)26-17-8-15-5-6-16(9-17)23(15)11-27(24,25)19-13(2)21-22-14(19)3/h4,7,10,15-17H,5-6,8-9,11H2,1-3H3,(H,21,22)/t15-,16+,17?. The van der Waals surface area contributed by atoms with Crippen molar-refractivity contribution in [2.75, 3.05) is 5.88 Å². The van der Waals surface area contributed by atoms with Gasteiger partial charge in [0, 0.05) is 24.3 Å². The van der Waals surface area contributed by atoms with Gasteiger partial charge in [0.2, 0.25) is 5.88 Å². The molecule has 4 rings (SSSR count). The van der Waals surface area contributed by atoms with Gasteiger partial charge in [0.1, 0.15) is 16.9 Å². The fourth-order valence-corrected chi connectivity index (χ4v) is 6.44. The summed E-state index contributed by atoms with van der Waals surface area (Å²) in [5.74, 6) is 0.703. The highest BCUT2D eigenvalue weighted by molar-refractivity contribution is 7.91. The van der Waals surface area contributed by atoms with Crippen LogP contribution in [0.3, 0.4) is 0 Å². The molecule has 2 fully saturated rings. The minimum absolute atomic E-state index is 0.0546. The van der Waals surface area contributed by atoms with Gasteiger partial charge in [-0.3, -0.25) is 10.00 Å². The molecule has 2 aromatic rings. The molecular formula is C19H26N4O3S. The molecule has 1 N–H and O–H groups in total. The van der Waals surface area contributed by atoms with E-state index in [4.69, 9.17) is 4.74 Å². The second-order valence-electron chi connectivity index (χ2n) is 7.79. The third-order valence-electron chi connectivity index (χ3n) is 5.70. The van der Waals surface area contributed by atoms with E-state index < -0.39 is 9.84 Å². The number of fused-ring (bicyclic) bond motifs is 2. The molecule has 0 amide bonds. The van der Waals surface area contributed by atoms with Crippen molar-refractivity contribution in [3.8, 4) is 5.88 Å². The van der Waals surface area contributed by atoms with Crippen molar-refractivity contribution in [2.45, 2.75) is 69.5 Å². The minimum Gasteiger partial charge on any atom is -0.474 e. The van der Waals surface area contributed by atoms with E-state index in [0.717, 1.165) is 31.2 Å². The van der Waals surface area contributed by atoms with Crippen molar-refractivity contribution in [1.82, 2.24) is 20.1 Å². The van der Waals surface area contributed by atoms with Gasteiger partial charge >= 0.3 is 0 Å². The van der Waals surface area contributed by atoms with Crippen LogP contribution < -0.4 is 4.74 Å². The summed E-state index contributed by atoms with van der Waals surface area (Å²) in [6.45, 7) is 5.50. The molecule has 0 spiro atoms. The Labute approximate surface area is 160 Å². The molecule has 2 aliphatic rings. The average Bonchev–Trinajstić information content (AvgIpc) is 3.05. The van der Waals surface area contributed by atoms with E-state index in [1.54, 1.807) is 20.0 Å². The molecular weight excluding hydrogens is 364 g/mol. The molecule has 2 saturated heterocycles. The normalized spacial score (nSPS) is 25.7. The molecule has 0 aliphatic carbocycles. The number of hydrogen-bond donors (Lipinski definition) is 1. The van der Waals surface area contributed by atoms with Gasteiger partial charge in [-0.1, -0.05) is 6.07 Å². The van der Waals surface area contributed by atoms with E-state index in [2.05, 4.69) is 20.1 Å². The lowest BCUT2D eigenvalue weighted by Gasteiger charge is -2.38. The van der Waals surface area contributed by atoms with Crippen LogP contribution in [0, 0.1) is 20.8 Å². The first-order chi connectivity index (χ1) is 12.8. The molecule has 7 nitrogen and oxygen atoms in total. The molecule has 0 saturated carbocycles. The highest BCUT2D eigenvalue weighted by Gasteiger charge is 2.44. The lowest BCUT2D eigenvalue weighted by molar-refractivity contribution is 0.0581. The zero-order chi connectivity index (χ0) is 19.2. The largest absolute Gasteiger partial charge is 0.474 e. The maximum atomic E-state index is 13.0. The van der Waals surface area contributed by atoms with Gasteiger partial charge in [0.25, 0.3) is 0 Å². The van der Waals surface area contributed by atoms with Crippen molar-refractivity contribution < 1.29 is 13.2 Å². The lowest BCUT2D eigenvalue weighted by Crippen LogP contribution is -2.48. The number of ether oxygens (including phenoxy) is 1. The van der Waals surface area contributed by atoms with Crippen molar-refractivity contribution >= 4 is 9.84 Å². The number of aromatic amines is 1. The van der Waals surface area contributed by atoms with Crippen LogP contribution in [0.15, 0.2) is 23.2 Å². The summed E-state index contributed by atoms with van der Waals surface area (Å²) in [7, 11) is -3.41. The predicted octanol–water partition coefficient (Wildman–Crippen LogP) is 2.54. The number of sulfone groups is 1. The smallest absolute Gasteiger partial charge is 0.213 e. The number of piperidine rings is 1. The third kappa shape index (κ3) is 3.60. The van der Waals surface area contributed by atoms with Crippen molar-refractivity contribution in [3.05, 3.63) is 35.3 Å². The van der Waals surface area contributed by atoms with E-state index in [9.17, 15) is 8.42 Å². The Morgan fingerprint density at radius 1 is 1.19 bits per heavy atom. The van der Waals surface area contributed by atoms with Gasteiger partial charge in [-0.05, 0) is 52.0 Å². The molecule has 146 valence electrons. The molecule has 1 unspecified atom stereocenters. The Kier molecular flexibility index (Phi) is 4.71. The van der Waals surface area contributed by atoms with Gasteiger partial charge in [0.05, 0.1) is 11.4 Å². The Morgan fingerprint density at radius 2 is 1.89 bits per heavy atom. The highest BCUT2D eigenvalue weighted by atomic mass is 32.2. The Morgan fingerprint density at radius 3 is 2.44 bits per heavy atom. The third-order valence-corrected chi connectivity index (χ3v) is 7.56. The Balaban J connectivity index is 1.46. The molecule has 3 atom stereocenters. The number of nitrogens with zero attached hydrogens (tertiary/aromatic N) is 3. The van der Waals surface area contributed by atoms with Crippen LogP contribution in [0.1, 0.15) is 42.6 Å². The van der Waals surface area contributed by atoms with Crippen LogP contribution in [0.5, 0.6) is 5.88 Å². The van der Waals surface area contributed by atoms with Gasteiger partial charge in [-0.25, -0.2) is 13.4 Å². The highest BCUT2D eigenvalue weighted by Crippen LogP contribution is 2.38. The number of pyridine rings is 1. The van der Waals surface area contributed by atoms with Crippen LogP contribution in [0.4, 0.5) is 0 Å². The number of nitrogens with one attached hydrogen (secondary N) is 1. The summed E-state index contributed by atoms with van der Waals surface area (Å²) >= 11 is 0. The average molecular weight is 391 g/mol. The molecule has 8 heteroatoms. The summed E-state index contributed by atoms with van der Waals surface area (Å²) in [4.78, 5) is 6.84. The molecule has 2 aromatic heterocycles. The van der Waals surface area contributed by atoms with Crippen LogP contribution >= 0.6 is 0 Å². The summed E-state index contributed by atoms with van der Waals surface area (Å²) in [5.41, 5.74) is 2.26. The number of aryl methyl sites for hydroxylation is 3. The first-order valence-electron chi connectivity index (χ1n) is 9.43. The molecule has 4 heterocycles. The zero-order valence-corrected chi connectivity index (χ0v) is 16.8. The van der Waals surface area contributed by atoms with E-state index in [1.165, 1.54) is 0 Å². The molecule has 27 heavy (non-hydrogen) atoms. The van der Waals surface area contributed by atoms with Crippen LogP contribution in [0.25, 0.3) is 0 Å². The summed E-state index contributed by atoms with van der Waals surface area (Å²) in [5, 5.41) is 6.83. The van der Waals surface area contributed by atoms with Crippen LogP contribution in [-0.2, 0) is 9.84 Å². The summed E-state index contributed by atoms with van der Waals surface area (Å²) < 4.78 is 32.0. The molecule has 0 radical (unpaired) electrons. The minimum atomic E-state index is -3.41. The van der Waals surface area contributed by atoms with E-state index in [1.807, 2.05) is 19.1 Å². The number of H-pyrrole nitrogens is 1. The van der Waals surface area contributed by atoms with Crippen molar-refractivity contribution in [2.24, 2.45) is 0 Å². The second kappa shape index (κ2) is 6.91. The van der Waals surface area contributed by atoms with Gasteiger partial charge in [-0.2, -0.15) is 5.10 Å². The van der Waals surface area contributed by atoms with E-state index in [0.29, 0.717) is 22.2 Å². The number of aromatic nitrogens is 3. The van der Waals surface area contributed by atoms with Gasteiger partial charge in [0.15, 0.2) is 9.84 Å². The molecule has 2 aliphatic heterocycles. The van der Waals surface area contributed by atoms with E-state index >= 15 is 0 Å². The number of rotatable bonds is 5. The van der Waals surface area contributed by atoms with Crippen molar-refractivity contribution in [3.63, 3.8) is 0 Å². The monoisotopic (exact) mass is 390 g/mol. The first kappa shape index (κ1) is 18.4. The molecule has 0 aromatic carbocycles. The zero-order valence-electron chi connectivity index (χ0n) is 16.0. The van der Waals surface area contributed by atoms with Crippen LogP contribution in [-0.4, -0.2) is 52.6 Å². The van der Waals surface area contributed by atoms with Crippen molar-refractivity contribution in [1.29, 1.82) is 0 Å². The van der Waals surface area contributed by atoms with Gasteiger partial charge in [-0.15, -0.1) is 0 Å². The fraction of sp³-hybridized carbons (Fsp3) is 0.579. The Hall–Kier alpha value is -1.93. The quantitative estimate of drug-likeness (QED) is 0.844. The Bertz CT molecular complexity index is 889. The lowest BCUT2D eigenvalue weighted by atomic mass is 10.0. The first-order valence-corrected chi connectivity index (χ1v) is 11.1. The van der Waals surface area contributed by atoms with E-state index in [-0.39, 0.29) is 24.1 Å². The topological polar surface area (TPSA) is 88.2 Å². The maximum absolute atomic E-state index is 13.0. The maximum Gasteiger partial charge on any atom is 0.213 e. The second-order valence-corrected chi connectivity index (χ2v) is 9.69. The number of hydrogen-bond acceptors (Lipinski definition) is 6. The van der Waals surface area contributed by atoms with Gasteiger partial charge < -0.3 is 4.74 Å². The predicted molar refractivity (Wildman–Crippen MR) is 101 cm³/mol. The fourth-order valence-electron chi connectivity index (χ4n) is 4.49. The molecule has 2 bridgehead atoms. The summed E-state index contributed by atoms with van der Waals surface area (Å²) in [6, 6.07) is 4.37. The summed E-state index contributed by atoms with van der Waals surface area (Å²) in [6.07, 6.45) is 5.61.